The van der Waals surface area contributed by atoms with Gasteiger partial charge in [-0.25, -0.2) is 0 Å². The first-order chi connectivity index (χ1) is 13.3. The fourth-order valence-electron chi connectivity index (χ4n) is 2.74. The molecular weight excluding hydrogens is 360 g/mol. The predicted molar refractivity (Wildman–Crippen MR) is 107 cm³/mol. The molecule has 1 aliphatic rings. The first kappa shape index (κ1) is 19.3. The Morgan fingerprint density at radius 1 is 1.04 bits per heavy atom. The molecule has 0 saturated heterocycles. The second-order valence-corrected chi connectivity index (χ2v) is 6.95. The average molecular weight is 382 g/mol. The van der Waals surface area contributed by atoms with Crippen molar-refractivity contribution in [2.45, 2.75) is 26.7 Å². The van der Waals surface area contributed by atoms with Crippen molar-refractivity contribution in [3.05, 3.63) is 57.6 Å². The summed E-state index contributed by atoms with van der Waals surface area (Å²) in [4.78, 5) is 34.6. The van der Waals surface area contributed by atoms with Gasteiger partial charge in [0.2, 0.25) is 11.8 Å². The van der Waals surface area contributed by atoms with Crippen molar-refractivity contribution < 1.29 is 14.5 Å². The molecule has 28 heavy (non-hydrogen) atoms. The Labute approximate surface area is 162 Å². The smallest absolute Gasteiger partial charge is 0.274 e. The van der Waals surface area contributed by atoms with E-state index in [2.05, 4.69) is 16.0 Å². The van der Waals surface area contributed by atoms with Gasteiger partial charge in [-0.3, -0.25) is 19.7 Å². The van der Waals surface area contributed by atoms with Crippen LogP contribution in [-0.4, -0.2) is 23.3 Å². The van der Waals surface area contributed by atoms with Crippen LogP contribution in [0.15, 0.2) is 36.4 Å². The number of nitrogens with zero attached hydrogens (tertiary/aromatic N) is 1. The number of aryl methyl sites for hydroxylation is 2. The van der Waals surface area contributed by atoms with E-state index in [9.17, 15) is 19.7 Å². The number of nitro benzene ring substituents is 1. The molecule has 0 aromatic heterocycles. The van der Waals surface area contributed by atoms with Gasteiger partial charge in [-0.1, -0.05) is 12.1 Å². The highest BCUT2D eigenvalue weighted by Gasteiger charge is 2.29. The number of benzene rings is 2. The first-order valence-electron chi connectivity index (χ1n) is 9.04. The molecule has 1 aliphatic carbocycles. The van der Waals surface area contributed by atoms with Crippen LogP contribution < -0.4 is 16.0 Å². The van der Waals surface area contributed by atoms with Crippen molar-refractivity contribution in [3.8, 4) is 0 Å². The molecule has 0 heterocycles. The molecule has 0 bridgehead atoms. The van der Waals surface area contributed by atoms with Crippen LogP contribution >= 0.6 is 0 Å². The largest absolute Gasteiger partial charge is 0.376 e. The number of amides is 2. The van der Waals surface area contributed by atoms with Gasteiger partial charge in [0.1, 0.15) is 0 Å². The van der Waals surface area contributed by atoms with Crippen LogP contribution in [0.4, 0.5) is 22.7 Å². The predicted octanol–water partition coefficient (Wildman–Crippen LogP) is 3.61. The van der Waals surface area contributed by atoms with Crippen molar-refractivity contribution in [1.82, 2.24) is 0 Å². The summed E-state index contributed by atoms with van der Waals surface area (Å²) in [5.41, 5.74) is 3.20. The van der Waals surface area contributed by atoms with E-state index in [1.807, 2.05) is 19.1 Å². The van der Waals surface area contributed by atoms with Gasteiger partial charge in [-0.05, 0) is 50.5 Å². The lowest BCUT2D eigenvalue weighted by molar-refractivity contribution is -0.385. The van der Waals surface area contributed by atoms with Crippen LogP contribution in [0.25, 0.3) is 0 Å². The highest BCUT2D eigenvalue weighted by molar-refractivity contribution is 5.96. The molecule has 146 valence electrons. The molecule has 0 aliphatic heterocycles. The van der Waals surface area contributed by atoms with E-state index in [-0.39, 0.29) is 30.0 Å². The number of hydrogen-bond acceptors (Lipinski definition) is 5. The summed E-state index contributed by atoms with van der Waals surface area (Å²) in [7, 11) is 0. The Morgan fingerprint density at radius 3 is 2.32 bits per heavy atom. The van der Waals surface area contributed by atoms with Crippen molar-refractivity contribution >= 4 is 34.6 Å². The third-order valence-corrected chi connectivity index (χ3v) is 4.58. The highest BCUT2D eigenvalue weighted by Crippen LogP contribution is 2.31. The minimum atomic E-state index is -0.478. The molecule has 1 fully saturated rings. The Bertz CT molecular complexity index is 938. The standard InChI is InChI=1S/C20H22N4O4/c1-12-3-7-15(23-20(26)14-5-6-14)9-17(12)21-11-19(25)22-16-8-4-13(2)18(10-16)24(27)28/h3-4,7-10,14,21H,5-6,11H2,1-2H3,(H,22,25)(H,23,26). The highest BCUT2D eigenvalue weighted by atomic mass is 16.6. The summed E-state index contributed by atoms with van der Waals surface area (Å²) in [6.07, 6.45) is 1.86. The summed E-state index contributed by atoms with van der Waals surface area (Å²) in [6, 6.07) is 10.0. The topological polar surface area (TPSA) is 113 Å². The minimum Gasteiger partial charge on any atom is -0.376 e. The van der Waals surface area contributed by atoms with Crippen LogP contribution in [-0.2, 0) is 9.59 Å². The third kappa shape index (κ3) is 4.85. The van der Waals surface area contributed by atoms with Crippen LogP contribution in [0.2, 0.25) is 0 Å². The zero-order valence-electron chi connectivity index (χ0n) is 15.7. The average Bonchev–Trinajstić information content (AvgIpc) is 3.48. The van der Waals surface area contributed by atoms with Gasteiger partial charge >= 0.3 is 0 Å². The maximum Gasteiger partial charge on any atom is 0.274 e. The molecule has 0 spiro atoms. The summed E-state index contributed by atoms with van der Waals surface area (Å²) in [5.74, 6) is -0.194. The maximum atomic E-state index is 12.2. The van der Waals surface area contributed by atoms with Gasteiger partial charge in [0.25, 0.3) is 5.69 Å². The molecule has 3 rings (SSSR count). The lowest BCUT2D eigenvalue weighted by Crippen LogP contribution is -2.22. The van der Waals surface area contributed by atoms with E-state index in [0.29, 0.717) is 16.9 Å². The molecule has 2 aromatic rings. The zero-order chi connectivity index (χ0) is 20.3. The molecule has 8 nitrogen and oxygen atoms in total. The molecular formula is C20H22N4O4. The van der Waals surface area contributed by atoms with Crippen molar-refractivity contribution in [2.75, 3.05) is 22.5 Å². The van der Waals surface area contributed by atoms with Crippen molar-refractivity contribution in [1.29, 1.82) is 0 Å². The zero-order valence-corrected chi connectivity index (χ0v) is 15.7. The molecule has 0 atom stereocenters. The van der Waals surface area contributed by atoms with E-state index in [1.165, 1.54) is 6.07 Å². The fraction of sp³-hybridized carbons (Fsp3) is 0.300. The first-order valence-corrected chi connectivity index (χ1v) is 9.04. The molecule has 3 N–H and O–H groups in total. The summed E-state index contributed by atoms with van der Waals surface area (Å²) in [5, 5.41) is 19.6. The second-order valence-electron chi connectivity index (χ2n) is 6.95. The van der Waals surface area contributed by atoms with Crippen molar-refractivity contribution in [2.24, 2.45) is 5.92 Å². The van der Waals surface area contributed by atoms with E-state index >= 15 is 0 Å². The SMILES string of the molecule is Cc1ccc(NC(=O)C2CC2)cc1NCC(=O)Nc1ccc(C)c([N+](=O)[O-])c1. The second kappa shape index (κ2) is 8.08. The Hall–Kier alpha value is -3.42. The van der Waals surface area contributed by atoms with Crippen molar-refractivity contribution in [3.63, 3.8) is 0 Å². The van der Waals surface area contributed by atoms with Gasteiger partial charge in [0.15, 0.2) is 0 Å². The number of nitrogens with one attached hydrogen (secondary N) is 3. The lowest BCUT2D eigenvalue weighted by Gasteiger charge is -2.13. The Balaban J connectivity index is 1.60. The Kier molecular flexibility index (Phi) is 5.58. The summed E-state index contributed by atoms with van der Waals surface area (Å²) in [6.45, 7) is 3.53. The molecule has 8 heteroatoms. The van der Waals surface area contributed by atoms with Gasteiger partial charge in [-0.15, -0.1) is 0 Å². The number of carbonyl (C=O) groups is 2. The van der Waals surface area contributed by atoms with E-state index < -0.39 is 4.92 Å². The van der Waals surface area contributed by atoms with Gasteiger partial charge in [-0.2, -0.15) is 0 Å². The number of rotatable bonds is 7. The quantitative estimate of drug-likeness (QED) is 0.500. The van der Waals surface area contributed by atoms with E-state index in [1.54, 1.807) is 25.1 Å². The number of nitro groups is 1. The fourth-order valence-corrected chi connectivity index (χ4v) is 2.74. The minimum absolute atomic E-state index is 0.0114. The molecule has 1 saturated carbocycles. The van der Waals surface area contributed by atoms with Gasteiger partial charge in [0, 0.05) is 34.6 Å². The van der Waals surface area contributed by atoms with Crippen LogP contribution in [0.5, 0.6) is 0 Å². The van der Waals surface area contributed by atoms with E-state index in [0.717, 1.165) is 24.1 Å². The summed E-state index contributed by atoms with van der Waals surface area (Å²) >= 11 is 0. The monoisotopic (exact) mass is 382 g/mol. The summed E-state index contributed by atoms with van der Waals surface area (Å²) < 4.78 is 0. The van der Waals surface area contributed by atoms with Crippen LogP contribution in [0.1, 0.15) is 24.0 Å². The Morgan fingerprint density at radius 2 is 1.68 bits per heavy atom. The van der Waals surface area contributed by atoms with Crippen LogP contribution in [0, 0.1) is 29.9 Å². The van der Waals surface area contributed by atoms with Gasteiger partial charge in [0.05, 0.1) is 11.5 Å². The molecule has 2 amide bonds. The number of carbonyl (C=O) groups excluding carboxylic acids is 2. The molecule has 2 aromatic carbocycles. The van der Waals surface area contributed by atoms with E-state index in [4.69, 9.17) is 0 Å². The number of anilines is 3. The molecule has 0 radical (unpaired) electrons. The lowest BCUT2D eigenvalue weighted by atomic mass is 10.1. The van der Waals surface area contributed by atoms with Gasteiger partial charge < -0.3 is 16.0 Å². The third-order valence-electron chi connectivity index (χ3n) is 4.58. The van der Waals surface area contributed by atoms with Crippen LogP contribution in [0.3, 0.4) is 0 Å². The normalized spacial score (nSPS) is 12.9. The molecule has 0 unspecified atom stereocenters. The maximum absolute atomic E-state index is 12.2. The number of hydrogen-bond donors (Lipinski definition) is 3.